The minimum absolute atomic E-state index is 0.0272. The zero-order valence-corrected chi connectivity index (χ0v) is 15.8. The van der Waals surface area contributed by atoms with Crippen LogP contribution in [0.5, 0.6) is 5.75 Å². The van der Waals surface area contributed by atoms with Gasteiger partial charge in [0.05, 0.1) is 13.2 Å². The molecule has 1 aliphatic heterocycles. The van der Waals surface area contributed by atoms with Crippen LogP contribution in [0.2, 0.25) is 0 Å². The van der Waals surface area contributed by atoms with Gasteiger partial charge in [0.15, 0.2) is 0 Å². The molecule has 3 aromatic rings. The molecule has 0 bridgehead atoms. The van der Waals surface area contributed by atoms with Gasteiger partial charge in [0.25, 0.3) is 5.91 Å². The van der Waals surface area contributed by atoms with Gasteiger partial charge in [0.2, 0.25) is 6.10 Å². The molecule has 29 heavy (non-hydrogen) atoms. The normalized spacial score (nSPS) is 15.1. The van der Waals surface area contributed by atoms with Gasteiger partial charge >= 0.3 is 5.97 Å². The summed E-state index contributed by atoms with van der Waals surface area (Å²) in [6, 6.07) is 19.4. The number of morpholine rings is 1. The van der Waals surface area contributed by atoms with Crippen molar-refractivity contribution in [1.29, 1.82) is 0 Å². The molecule has 0 spiro atoms. The Labute approximate surface area is 168 Å². The maximum atomic E-state index is 13.1. The highest BCUT2D eigenvalue weighted by molar-refractivity contribution is 5.99. The maximum absolute atomic E-state index is 13.1. The maximum Gasteiger partial charge on any atom is 0.343 e. The van der Waals surface area contributed by atoms with E-state index in [1.165, 1.54) is 6.07 Å². The highest BCUT2D eigenvalue weighted by atomic mass is 16.5. The van der Waals surface area contributed by atoms with Crippen LogP contribution in [0.4, 0.5) is 0 Å². The second kappa shape index (κ2) is 8.32. The van der Waals surface area contributed by atoms with Crippen molar-refractivity contribution in [3.05, 3.63) is 77.9 Å². The third-order valence-electron chi connectivity index (χ3n) is 4.96. The van der Waals surface area contributed by atoms with Crippen molar-refractivity contribution in [2.24, 2.45) is 0 Å². The first-order valence-electron chi connectivity index (χ1n) is 9.48. The van der Waals surface area contributed by atoms with Crippen LogP contribution in [0, 0.1) is 0 Å². The minimum Gasteiger partial charge on any atom is -0.507 e. The fourth-order valence-corrected chi connectivity index (χ4v) is 3.40. The van der Waals surface area contributed by atoms with Crippen molar-refractivity contribution >= 4 is 22.6 Å². The van der Waals surface area contributed by atoms with E-state index in [9.17, 15) is 14.7 Å². The molecule has 1 N–H and O–H groups in total. The first kappa shape index (κ1) is 19.0. The molecule has 1 amide bonds. The van der Waals surface area contributed by atoms with Crippen molar-refractivity contribution in [3.8, 4) is 5.75 Å². The Morgan fingerprint density at radius 2 is 1.55 bits per heavy atom. The summed E-state index contributed by atoms with van der Waals surface area (Å²) in [4.78, 5) is 27.6. The molecular weight excluding hydrogens is 370 g/mol. The van der Waals surface area contributed by atoms with Crippen LogP contribution >= 0.6 is 0 Å². The summed E-state index contributed by atoms with van der Waals surface area (Å²) < 4.78 is 10.9. The van der Waals surface area contributed by atoms with Crippen LogP contribution in [0.25, 0.3) is 10.8 Å². The summed E-state index contributed by atoms with van der Waals surface area (Å²) in [6.45, 7) is 1.79. The first-order valence-corrected chi connectivity index (χ1v) is 9.48. The summed E-state index contributed by atoms with van der Waals surface area (Å²) >= 11 is 0. The smallest absolute Gasteiger partial charge is 0.343 e. The largest absolute Gasteiger partial charge is 0.507 e. The van der Waals surface area contributed by atoms with Crippen LogP contribution in [0.15, 0.2) is 66.7 Å². The molecule has 3 aromatic carbocycles. The van der Waals surface area contributed by atoms with Crippen molar-refractivity contribution < 1.29 is 24.2 Å². The number of carbonyl (C=O) groups excluding carboxylic acids is 2. The molecule has 6 heteroatoms. The highest BCUT2D eigenvalue weighted by Crippen LogP contribution is 2.28. The van der Waals surface area contributed by atoms with Gasteiger partial charge in [0, 0.05) is 18.7 Å². The van der Waals surface area contributed by atoms with Gasteiger partial charge < -0.3 is 19.5 Å². The Bertz CT molecular complexity index is 1030. The molecule has 4 rings (SSSR count). The van der Waals surface area contributed by atoms with Crippen LogP contribution in [0.1, 0.15) is 22.0 Å². The monoisotopic (exact) mass is 391 g/mol. The Kier molecular flexibility index (Phi) is 5.44. The number of benzene rings is 3. The van der Waals surface area contributed by atoms with E-state index < -0.39 is 12.1 Å². The van der Waals surface area contributed by atoms with E-state index in [2.05, 4.69) is 0 Å². The van der Waals surface area contributed by atoms with Crippen molar-refractivity contribution in [1.82, 2.24) is 4.90 Å². The van der Waals surface area contributed by atoms with Gasteiger partial charge in [-0.1, -0.05) is 54.6 Å². The van der Waals surface area contributed by atoms with Gasteiger partial charge in [-0.05, 0) is 22.9 Å². The molecule has 1 heterocycles. The van der Waals surface area contributed by atoms with E-state index in [4.69, 9.17) is 9.47 Å². The fraction of sp³-hybridized carbons (Fsp3) is 0.217. The number of esters is 1. The number of hydrogen-bond acceptors (Lipinski definition) is 5. The van der Waals surface area contributed by atoms with Crippen molar-refractivity contribution in [2.75, 3.05) is 26.3 Å². The van der Waals surface area contributed by atoms with Crippen molar-refractivity contribution in [2.45, 2.75) is 6.10 Å². The molecule has 0 saturated carbocycles. The molecule has 1 aliphatic rings. The number of nitrogens with zero attached hydrogens (tertiary/aromatic N) is 1. The standard InChI is InChI=1S/C23H21NO5/c25-20-15-18-9-5-4-8-17(18)14-19(20)23(27)29-21(16-6-2-1-3-7-16)22(26)24-10-12-28-13-11-24/h1-9,14-15,21,25H,10-13H2/t21-/m1/s1. The van der Waals surface area contributed by atoms with E-state index in [0.717, 1.165) is 10.8 Å². The highest BCUT2D eigenvalue weighted by Gasteiger charge is 2.31. The third-order valence-corrected chi connectivity index (χ3v) is 4.96. The van der Waals surface area contributed by atoms with Gasteiger partial charge in [-0.25, -0.2) is 4.79 Å². The number of phenolic OH excluding ortho intramolecular Hbond substituents is 1. The predicted molar refractivity (Wildman–Crippen MR) is 108 cm³/mol. The van der Waals surface area contributed by atoms with Crippen LogP contribution in [0.3, 0.4) is 0 Å². The number of carbonyl (C=O) groups is 2. The number of hydrogen-bond donors (Lipinski definition) is 1. The van der Waals surface area contributed by atoms with Crippen molar-refractivity contribution in [3.63, 3.8) is 0 Å². The van der Waals surface area contributed by atoms with Crippen LogP contribution < -0.4 is 0 Å². The zero-order valence-electron chi connectivity index (χ0n) is 15.8. The molecule has 0 aliphatic carbocycles. The van der Waals surface area contributed by atoms with Gasteiger partial charge in [-0.3, -0.25) is 4.79 Å². The molecule has 1 atom stereocenters. The van der Waals surface area contributed by atoms with Gasteiger partial charge in [-0.2, -0.15) is 0 Å². The molecule has 0 radical (unpaired) electrons. The quantitative estimate of drug-likeness (QED) is 0.691. The second-order valence-corrected chi connectivity index (χ2v) is 6.85. The number of aromatic hydroxyl groups is 1. The molecule has 6 nitrogen and oxygen atoms in total. The topological polar surface area (TPSA) is 76.1 Å². The van der Waals surface area contributed by atoms with Crippen LogP contribution in [-0.4, -0.2) is 48.2 Å². The predicted octanol–water partition coefficient (Wildman–Crippen LogP) is 3.30. The van der Waals surface area contributed by atoms with E-state index in [1.807, 2.05) is 30.3 Å². The molecule has 148 valence electrons. The number of fused-ring (bicyclic) bond motifs is 1. The van der Waals surface area contributed by atoms with E-state index >= 15 is 0 Å². The third kappa shape index (κ3) is 4.07. The Hall–Kier alpha value is -3.38. The molecule has 1 fully saturated rings. The number of phenols is 1. The lowest BCUT2D eigenvalue weighted by Gasteiger charge is -2.30. The van der Waals surface area contributed by atoms with Gasteiger partial charge in [-0.15, -0.1) is 0 Å². The molecular formula is C23H21NO5. The number of amides is 1. The van der Waals surface area contributed by atoms with E-state index in [0.29, 0.717) is 31.9 Å². The minimum atomic E-state index is -1.09. The lowest BCUT2D eigenvalue weighted by molar-refractivity contribution is -0.145. The Morgan fingerprint density at radius 1 is 0.931 bits per heavy atom. The summed E-state index contributed by atoms with van der Waals surface area (Å²) in [7, 11) is 0. The number of ether oxygens (including phenoxy) is 2. The van der Waals surface area contributed by atoms with Crippen LogP contribution in [-0.2, 0) is 14.3 Å². The summed E-state index contributed by atoms with van der Waals surface area (Å²) in [5, 5.41) is 11.9. The van der Waals surface area contributed by atoms with E-state index in [1.54, 1.807) is 35.2 Å². The molecule has 0 unspecified atom stereocenters. The van der Waals surface area contributed by atoms with E-state index in [-0.39, 0.29) is 17.2 Å². The average Bonchev–Trinajstić information content (AvgIpc) is 2.77. The SMILES string of the molecule is O=C(O[C@@H](C(=O)N1CCOCC1)c1ccccc1)c1cc2ccccc2cc1O. The Balaban J connectivity index is 1.64. The average molecular weight is 391 g/mol. The summed E-state index contributed by atoms with van der Waals surface area (Å²) in [5.74, 6) is -1.23. The summed E-state index contributed by atoms with van der Waals surface area (Å²) in [5.41, 5.74) is 0.608. The molecule has 1 saturated heterocycles. The Morgan fingerprint density at radius 3 is 2.24 bits per heavy atom. The second-order valence-electron chi connectivity index (χ2n) is 6.85. The summed E-state index contributed by atoms with van der Waals surface area (Å²) in [6.07, 6.45) is -1.09. The molecule has 0 aromatic heterocycles. The first-order chi connectivity index (χ1) is 14.1. The van der Waals surface area contributed by atoms with Gasteiger partial charge in [0.1, 0.15) is 11.3 Å². The fourth-order valence-electron chi connectivity index (χ4n) is 3.40. The lowest BCUT2D eigenvalue weighted by atomic mass is 10.1. The zero-order chi connectivity index (χ0) is 20.2. The lowest BCUT2D eigenvalue weighted by Crippen LogP contribution is -2.44. The number of rotatable bonds is 4.